The summed E-state index contributed by atoms with van der Waals surface area (Å²) in [4.78, 5) is 0. The maximum atomic E-state index is 6.09. The van der Waals surface area contributed by atoms with Gasteiger partial charge in [-0.3, -0.25) is 4.68 Å². The molecule has 1 aromatic heterocycles. The van der Waals surface area contributed by atoms with E-state index in [2.05, 4.69) is 58.5 Å². The monoisotopic (exact) mass is 293 g/mol. The molecule has 4 heteroatoms. The Bertz CT molecular complexity index is 497. The molecule has 1 aliphatic heterocycles. The van der Waals surface area contributed by atoms with Crippen molar-refractivity contribution >= 4 is 0 Å². The smallest absolute Gasteiger partial charge is 0.0779 e. The van der Waals surface area contributed by atoms with Gasteiger partial charge < -0.3 is 10.1 Å². The first-order chi connectivity index (χ1) is 9.57. The quantitative estimate of drug-likeness (QED) is 0.925. The van der Waals surface area contributed by atoms with Crippen molar-refractivity contribution in [1.29, 1.82) is 0 Å². The highest BCUT2D eigenvalue weighted by Gasteiger charge is 2.32. The van der Waals surface area contributed by atoms with E-state index in [4.69, 9.17) is 9.84 Å². The van der Waals surface area contributed by atoms with Gasteiger partial charge in [-0.25, -0.2) is 0 Å². The van der Waals surface area contributed by atoms with Gasteiger partial charge in [-0.1, -0.05) is 0 Å². The summed E-state index contributed by atoms with van der Waals surface area (Å²) in [5.41, 5.74) is 3.86. The van der Waals surface area contributed by atoms with Crippen LogP contribution in [0.2, 0.25) is 0 Å². The van der Waals surface area contributed by atoms with Gasteiger partial charge in [0, 0.05) is 23.3 Å². The molecule has 4 nitrogen and oxygen atoms in total. The van der Waals surface area contributed by atoms with E-state index in [1.165, 1.54) is 11.3 Å². The van der Waals surface area contributed by atoms with Crippen molar-refractivity contribution in [3.05, 3.63) is 17.0 Å². The maximum Gasteiger partial charge on any atom is 0.0779 e. The Morgan fingerprint density at radius 3 is 2.52 bits per heavy atom. The number of hydrogen-bond acceptors (Lipinski definition) is 3. The first kappa shape index (κ1) is 16.5. The van der Waals surface area contributed by atoms with Crippen molar-refractivity contribution in [3.8, 4) is 0 Å². The van der Waals surface area contributed by atoms with E-state index in [0.717, 1.165) is 31.6 Å². The van der Waals surface area contributed by atoms with Crippen LogP contribution in [0, 0.1) is 13.8 Å². The zero-order valence-corrected chi connectivity index (χ0v) is 14.7. The van der Waals surface area contributed by atoms with Crippen LogP contribution in [0.4, 0.5) is 0 Å². The number of ether oxygens (including phenoxy) is 1. The molecule has 1 N–H and O–H groups in total. The lowest BCUT2D eigenvalue weighted by Gasteiger charge is -2.21. The van der Waals surface area contributed by atoms with Gasteiger partial charge in [-0.15, -0.1) is 0 Å². The highest BCUT2D eigenvalue weighted by Crippen LogP contribution is 2.30. The molecule has 0 saturated carbocycles. The minimum Gasteiger partial charge on any atom is -0.370 e. The summed E-state index contributed by atoms with van der Waals surface area (Å²) in [6.45, 7) is 16.9. The second-order valence-corrected chi connectivity index (χ2v) is 7.97. The third kappa shape index (κ3) is 4.30. The number of aromatic nitrogens is 2. The average Bonchev–Trinajstić information content (AvgIpc) is 2.78. The number of aryl methyl sites for hydroxylation is 1. The normalized spacial score (nSPS) is 22.0. The number of hydrogen-bond donors (Lipinski definition) is 1. The van der Waals surface area contributed by atoms with E-state index in [1.807, 2.05) is 0 Å². The van der Waals surface area contributed by atoms with Gasteiger partial charge in [0.05, 0.1) is 23.9 Å². The first-order valence-corrected chi connectivity index (χ1v) is 8.03. The van der Waals surface area contributed by atoms with Crippen LogP contribution in [0.3, 0.4) is 0 Å². The summed E-state index contributed by atoms with van der Waals surface area (Å²) in [7, 11) is 0. The Morgan fingerprint density at radius 2 is 2.00 bits per heavy atom. The highest BCUT2D eigenvalue weighted by molar-refractivity contribution is 5.24. The van der Waals surface area contributed by atoms with Crippen LogP contribution >= 0.6 is 0 Å². The summed E-state index contributed by atoms with van der Waals surface area (Å²) >= 11 is 0. The SMILES string of the molecule is Cc1nn(CC2CCC(C)(C)O2)c(C)c1CNC(C)(C)C. The van der Waals surface area contributed by atoms with Crippen LogP contribution in [-0.2, 0) is 17.8 Å². The van der Waals surface area contributed by atoms with Crippen LogP contribution in [0.15, 0.2) is 0 Å². The summed E-state index contributed by atoms with van der Waals surface area (Å²) in [5.74, 6) is 0. The van der Waals surface area contributed by atoms with E-state index in [0.29, 0.717) is 6.10 Å². The molecule has 0 radical (unpaired) electrons. The molecule has 0 amide bonds. The highest BCUT2D eigenvalue weighted by atomic mass is 16.5. The molecule has 1 aliphatic rings. The Labute approximate surface area is 129 Å². The summed E-state index contributed by atoms with van der Waals surface area (Å²) in [5, 5.41) is 8.27. The van der Waals surface area contributed by atoms with E-state index in [-0.39, 0.29) is 11.1 Å². The van der Waals surface area contributed by atoms with Crippen molar-refractivity contribution < 1.29 is 4.74 Å². The molecule has 2 heterocycles. The molecule has 0 spiro atoms. The maximum absolute atomic E-state index is 6.09. The Morgan fingerprint density at radius 1 is 1.33 bits per heavy atom. The fraction of sp³-hybridized carbons (Fsp3) is 0.824. The van der Waals surface area contributed by atoms with Crippen molar-refractivity contribution in [2.75, 3.05) is 0 Å². The molecule has 1 fully saturated rings. The molecule has 1 unspecified atom stereocenters. The molecular formula is C17H31N3O. The predicted octanol–water partition coefficient (Wildman–Crippen LogP) is 3.35. The van der Waals surface area contributed by atoms with Crippen molar-refractivity contribution in [1.82, 2.24) is 15.1 Å². The predicted molar refractivity (Wildman–Crippen MR) is 86.5 cm³/mol. The van der Waals surface area contributed by atoms with Gasteiger partial charge in [0.15, 0.2) is 0 Å². The van der Waals surface area contributed by atoms with Crippen molar-refractivity contribution in [2.24, 2.45) is 0 Å². The second-order valence-electron chi connectivity index (χ2n) is 7.97. The molecule has 0 aliphatic carbocycles. The summed E-state index contributed by atoms with van der Waals surface area (Å²) in [6.07, 6.45) is 2.55. The molecule has 2 rings (SSSR count). The average molecular weight is 293 g/mol. The number of rotatable bonds is 4. The fourth-order valence-electron chi connectivity index (χ4n) is 2.92. The number of nitrogens with zero attached hydrogens (tertiary/aromatic N) is 2. The van der Waals surface area contributed by atoms with Gasteiger partial charge in [0.2, 0.25) is 0 Å². The van der Waals surface area contributed by atoms with E-state index in [1.54, 1.807) is 0 Å². The summed E-state index contributed by atoms with van der Waals surface area (Å²) in [6, 6.07) is 0. The molecule has 0 aromatic carbocycles. The van der Waals surface area contributed by atoms with Crippen LogP contribution in [0.1, 0.15) is 64.4 Å². The summed E-state index contributed by atoms with van der Waals surface area (Å²) < 4.78 is 8.22. The van der Waals surface area contributed by atoms with Gasteiger partial charge in [0.25, 0.3) is 0 Å². The number of nitrogens with one attached hydrogen (secondary N) is 1. The Hall–Kier alpha value is -0.870. The van der Waals surface area contributed by atoms with Crippen LogP contribution in [0.5, 0.6) is 0 Å². The standard InChI is InChI=1S/C17H31N3O/c1-12-15(10-18-16(3,4)5)13(2)20(19-12)11-14-8-9-17(6,7)21-14/h14,18H,8-11H2,1-7H3. The minimum atomic E-state index is 0.0252. The zero-order valence-electron chi connectivity index (χ0n) is 14.7. The molecule has 0 bridgehead atoms. The lowest BCUT2D eigenvalue weighted by Crippen LogP contribution is -2.35. The molecule has 1 aromatic rings. The molecule has 1 atom stereocenters. The Kier molecular flexibility index (Phi) is 4.50. The molecule has 1 saturated heterocycles. The van der Waals surface area contributed by atoms with Gasteiger partial charge in [-0.2, -0.15) is 5.10 Å². The van der Waals surface area contributed by atoms with Crippen molar-refractivity contribution in [2.45, 2.75) is 91.6 Å². The fourth-order valence-corrected chi connectivity index (χ4v) is 2.92. The second kappa shape index (κ2) is 5.73. The van der Waals surface area contributed by atoms with Crippen molar-refractivity contribution in [3.63, 3.8) is 0 Å². The Balaban J connectivity index is 2.05. The first-order valence-electron chi connectivity index (χ1n) is 8.03. The minimum absolute atomic E-state index is 0.0252. The zero-order chi connectivity index (χ0) is 15.8. The van der Waals surface area contributed by atoms with E-state index in [9.17, 15) is 0 Å². The van der Waals surface area contributed by atoms with Crippen LogP contribution in [0.25, 0.3) is 0 Å². The van der Waals surface area contributed by atoms with E-state index < -0.39 is 0 Å². The van der Waals surface area contributed by atoms with E-state index >= 15 is 0 Å². The third-order valence-electron chi connectivity index (χ3n) is 4.26. The topological polar surface area (TPSA) is 39.1 Å². The van der Waals surface area contributed by atoms with Crippen LogP contribution in [-0.4, -0.2) is 27.0 Å². The van der Waals surface area contributed by atoms with Gasteiger partial charge in [0.1, 0.15) is 0 Å². The molecule has 120 valence electrons. The third-order valence-corrected chi connectivity index (χ3v) is 4.26. The molecule has 21 heavy (non-hydrogen) atoms. The van der Waals surface area contributed by atoms with Crippen LogP contribution < -0.4 is 5.32 Å². The lowest BCUT2D eigenvalue weighted by molar-refractivity contribution is -0.0232. The lowest BCUT2D eigenvalue weighted by atomic mass is 10.1. The molecular weight excluding hydrogens is 262 g/mol. The van der Waals surface area contributed by atoms with Gasteiger partial charge in [-0.05, 0) is 61.3 Å². The largest absolute Gasteiger partial charge is 0.370 e. The van der Waals surface area contributed by atoms with Gasteiger partial charge >= 0.3 is 0 Å².